The second-order valence-corrected chi connectivity index (χ2v) is 16.6. The van der Waals surface area contributed by atoms with E-state index in [1.165, 1.54) is 5.57 Å². The number of carboxylic acid groups (broad SMARTS) is 1. The van der Waals surface area contributed by atoms with E-state index in [2.05, 4.69) is 22.5 Å². The highest BCUT2D eigenvalue weighted by Gasteiger charge is 2.66. The first-order valence-electron chi connectivity index (χ1n) is 19.7. The average Bonchev–Trinajstić information content (AvgIpc) is 3.68. The highest BCUT2D eigenvalue weighted by Crippen LogP contribution is 2.67. The fourth-order valence-electron chi connectivity index (χ4n) is 10.5. The Hall–Kier alpha value is -4.32. The summed E-state index contributed by atoms with van der Waals surface area (Å²) in [5.74, 6) is -1.73. The highest BCUT2D eigenvalue weighted by atomic mass is 16.5. The van der Waals surface area contributed by atoms with E-state index in [4.69, 9.17) is 4.74 Å². The van der Waals surface area contributed by atoms with E-state index in [-0.39, 0.29) is 54.6 Å². The van der Waals surface area contributed by atoms with Gasteiger partial charge >= 0.3 is 11.9 Å². The van der Waals surface area contributed by atoms with E-state index >= 15 is 0 Å². The zero-order valence-corrected chi connectivity index (χ0v) is 31.5. The molecule has 0 unspecified atom stereocenters. The molecule has 12 nitrogen and oxygen atoms in total. The van der Waals surface area contributed by atoms with Crippen LogP contribution in [0.5, 0.6) is 0 Å². The molecule has 3 fully saturated rings. The number of para-hydroxylation sites is 1. The number of carbonyl (C=O) groups is 6. The molecule has 4 aliphatic carbocycles. The number of rotatable bonds is 16. The number of aliphatic carboxylic acids is 1. The molecular formula is C42H55N3O9. The van der Waals surface area contributed by atoms with Crippen molar-refractivity contribution < 1.29 is 43.7 Å². The molecule has 5 N–H and O–H groups in total. The van der Waals surface area contributed by atoms with Crippen molar-refractivity contribution in [3.63, 3.8) is 0 Å². The molecule has 0 saturated heterocycles. The van der Waals surface area contributed by atoms with Crippen LogP contribution in [0.3, 0.4) is 0 Å². The number of H-pyrrole nitrogens is 1. The minimum absolute atomic E-state index is 0.00202. The van der Waals surface area contributed by atoms with Crippen molar-refractivity contribution in [3.8, 4) is 0 Å². The number of unbranched alkanes of at least 4 members (excludes halogenated alkanes) is 2. The number of fused-ring (bicyclic) bond motifs is 6. The van der Waals surface area contributed by atoms with Gasteiger partial charge in [-0.05, 0) is 98.7 Å². The Labute approximate surface area is 316 Å². The molecule has 2 amide bonds. The molecule has 4 aliphatic rings. The Bertz CT molecular complexity index is 1820. The highest BCUT2D eigenvalue weighted by molar-refractivity contribution is 5.92. The molecule has 1 heterocycles. The number of aliphatic hydroxyl groups is 1. The number of Topliss-reactive ketones (excluding diaryl/α,β-unsaturated/α-hetero) is 1. The van der Waals surface area contributed by atoms with Crippen molar-refractivity contribution in [2.45, 2.75) is 122 Å². The number of aromatic amines is 1. The predicted molar refractivity (Wildman–Crippen MR) is 200 cm³/mol. The Kier molecular flexibility index (Phi) is 11.8. The third-order valence-corrected chi connectivity index (χ3v) is 13.6. The monoisotopic (exact) mass is 745 g/mol. The number of amides is 2. The molecule has 2 aromatic rings. The summed E-state index contributed by atoms with van der Waals surface area (Å²) in [5.41, 5.74) is 0.808. The van der Waals surface area contributed by atoms with Crippen molar-refractivity contribution in [2.24, 2.45) is 28.6 Å². The van der Waals surface area contributed by atoms with Crippen molar-refractivity contribution in [1.82, 2.24) is 15.6 Å². The zero-order chi connectivity index (χ0) is 38.7. The number of carbonyl (C=O) groups excluding carboxylic acids is 5. The first-order valence-corrected chi connectivity index (χ1v) is 19.7. The number of esters is 1. The van der Waals surface area contributed by atoms with Gasteiger partial charge in [-0.25, -0.2) is 4.79 Å². The van der Waals surface area contributed by atoms with E-state index in [1.54, 1.807) is 6.20 Å². The van der Waals surface area contributed by atoms with E-state index in [0.29, 0.717) is 56.9 Å². The number of aromatic nitrogens is 1. The minimum Gasteiger partial charge on any atom is -0.480 e. The Morgan fingerprint density at radius 2 is 1.70 bits per heavy atom. The van der Waals surface area contributed by atoms with Crippen LogP contribution in [0.25, 0.3) is 10.9 Å². The van der Waals surface area contributed by atoms with Gasteiger partial charge in [0.05, 0.1) is 6.42 Å². The molecule has 0 radical (unpaired) electrons. The third kappa shape index (κ3) is 7.90. The maximum absolute atomic E-state index is 13.5. The molecule has 0 spiro atoms. The number of allylic oxidation sites excluding steroid dienone is 1. The van der Waals surface area contributed by atoms with Crippen LogP contribution in [0.1, 0.15) is 109 Å². The fraction of sp³-hybridized carbons (Fsp3) is 0.619. The molecule has 292 valence electrons. The first-order chi connectivity index (χ1) is 25.7. The summed E-state index contributed by atoms with van der Waals surface area (Å²) in [5, 5.41) is 27.8. The Balaban J connectivity index is 0.858. The van der Waals surface area contributed by atoms with E-state index in [0.717, 1.165) is 48.6 Å². The van der Waals surface area contributed by atoms with Gasteiger partial charge in [0.15, 0.2) is 12.4 Å². The predicted octanol–water partition coefficient (Wildman–Crippen LogP) is 5.11. The van der Waals surface area contributed by atoms with Crippen LogP contribution in [0.4, 0.5) is 0 Å². The number of ether oxygens (including phenoxy) is 1. The summed E-state index contributed by atoms with van der Waals surface area (Å²) in [6.45, 7) is 4.16. The summed E-state index contributed by atoms with van der Waals surface area (Å²) in [6.07, 6.45) is 11.4. The SMILES string of the molecule is C[C@]12CCC(=O)C=C1CC[C@@H]1[C@H]2CC[C@@]2(C)[C@H]1CC[C@]2(O)C(=O)COC(=O)CCC(=O)NCCCCCC(=O)N[C@@H](Cc1c[nH]c2ccccc12)C(=O)O. The lowest BCUT2D eigenvalue weighted by molar-refractivity contribution is -0.170. The number of ketones is 2. The lowest BCUT2D eigenvalue weighted by atomic mass is 9.46. The van der Waals surface area contributed by atoms with Crippen LogP contribution in [-0.4, -0.2) is 75.3 Å². The number of carboxylic acids is 1. The average molecular weight is 746 g/mol. The first kappa shape index (κ1) is 39.4. The summed E-state index contributed by atoms with van der Waals surface area (Å²) in [7, 11) is 0. The Morgan fingerprint density at radius 3 is 2.50 bits per heavy atom. The van der Waals surface area contributed by atoms with Crippen LogP contribution in [0.15, 0.2) is 42.1 Å². The standard InChI is InChI=1S/C42H55N3O9/c1-40-18-15-28(46)23-27(40)11-12-30-31(40)16-19-41(2)32(30)17-20-42(41,53)35(47)25-54-38(50)14-13-36(48)43-21-7-3-4-10-37(49)45-34(39(51)52)22-26-24-44-33-9-6-5-8-29(26)33/h5-6,8-9,23-24,30-32,34,44,53H,3-4,7,10-22,25H2,1-2H3,(H,43,48)(H,45,49)(H,51,52)/t30-,31-,32+,34+,40+,41+,42+/m1/s1. The third-order valence-electron chi connectivity index (χ3n) is 13.6. The molecule has 7 atom stereocenters. The van der Waals surface area contributed by atoms with Gasteiger partial charge in [0.25, 0.3) is 0 Å². The van der Waals surface area contributed by atoms with Crippen LogP contribution >= 0.6 is 0 Å². The van der Waals surface area contributed by atoms with Crippen LogP contribution in [0.2, 0.25) is 0 Å². The number of hydrogen-bond donors (Lipinski definition) is 5. The molecule has 54 heavy (non-hydrogen) atoms. The van der Waals surface area contributed by atoms with Crippen molar-refractivity contribution in [3.05, 3.63) is 47.7 Å². The van der Waals surface area contributed by atoms with Gasteiger partial charge in [-0.15, -0.1) is 0 Å². The number of hydrogen-bond acceptors (Lipinski definition) is 8. The number of nitrogens with one attached hydrogen (secondary N) is 3. The van der Waals surface area contributed by atoms with Crippen molar-refractivity contribution in [1.29, 1.82) is 0 Å². The molecule has 6 rings (SSSR count). The van der Waals surface area contributed by atoms with Crippen molar-refractivity contribution in [2.75, 3.05) is 13.2 Å². The lowest BCUT2D eigenvalue weighted by Crippen LogP contribution is -2.58. The van der Waals surface area contributed by atoms with E-state index in [1.807, 2.05) is 37.3 Å². The molecule has 0 aliphatic heterocycles. The van der Waals surface area contributed by atoms with Crippen LogP contribution in [0, 0.1) is 28.6 Å². The molecular weight excluding hydrogens is 690 g/mol. The van der Waals surface area contributed by atoms with Gasteiger partial charge in [-0.2, -0.15) is 0 Å². The maximum atomic E-state index is 13.5. The van der Waals surface area contributed by atoms with E-state index < -0.39 is 41.4 Å². The Morgan fingerprint density at radius 1 is 0.926 bits per heavy atom. The summed E-state index contributed by atoms with van der Waals surface area (Å²) >= 11 is 0. The number of benzene rings is 1. The molecule has 12 heteroatoms. The molecule has 0 bridgehead atoms. The van der Waals surface area contributed by atoms with Gasteiger partial charge in [0, 0.05) is 54.7 Å². The normalized spacial score (nSPS) is 29.3. The smallest absolute Gasteiger partial charge is 0.326 e. The van der Waals surface area contributed by atoms with Crippen LogP contribution < -0.4 is 10.6 Å². The second-order valence-electron chi connectivity index (χ2n) is 16.6. The van der Waals surface area contributed by atoms with Gasteiger partial charge in [-0.3, -0.25) is 24.0 Å². The van der Waals surface area contributed by atoms with Gasteiger partial charge in [0.1, 0.15) is 11.6 Å². The lowest BCUT2D eigenvalue weighted by Gasteiger charge is -2.58. The van der Waals surface area contributed by atoms with Crippen LogP contribution in [-0.2, 0) is 39.9 Å². The topological polar surface area (TPSA) is 192 Å². The van der Waals surface area contributed by atoms with E-state index in [9.17, 15) is 39.0 Å². The quantitative estimate of drug-likeness (QED) is 0.115. The molecule has 1 aromatic carbocycles. The fourth-order valence-corrected chi connectivity index (χ4v) is 10.5. The van der Waals surface area contributed by atoms with Gasteiger partial charge in [-0.1, -0.05) is 44.0 Å². The van der Waals surface area contributed by atoms with Gasteiger partial charge < -0.3 is 30.6 Å². The van der Waals surface area contributed by atoms with Gasteiger partial charge in [0.2, 0.25) is 17.6 Å². The summed E-state index contributed by atoms with van der Waals surface area (Å²) < 4.78 is 5.29. The summed E-state index contributed by atoms with van der Waals surface area (Å²) in [6, 6.07) is 6.53. The molecule has 3 saturated carbocycles. The summed E-state index contributed by atoms with van der Waals surface area (Å²) in [4.78, 5) is 78.0. The zero-order valence-electron chi connectivity index (χ0n) is 31.5. The van der Waals surface area contributed by atoms with Crippen molar-refractivity contribution >= 4 is 46.2 Å². The molecule has 1 aromatic heterocycles. The maximum Gasteiger partial charge on any atom is 0.326 e. The minimum atomic E-state index is -1.57. The largest absolute Gasteiger partial charge is 0.480 e. The second kappa shape index (κ2) is 16.2.